The monoisotopic (exact) mass is 464 g/mol. The molecule has 1 N–H and O–H groups in total. The van der Waals surface area contributed by atoms with Crippen LogP contribution in [0.5, 0.6) is 0 Å². The minimum absolute atomic E-state index is 0.114. The number of hydrogen-bond acceptors (Lipinski definition) is 7. The summed E-state index contributed by atoms with van der Waals surface area (Å²) in [6.07, 6.45) is 15.5. The number of fused-ring (bicyclic) bond motifs is 3. The summed E-state index contributed by atoms with van der Waals surface area (Å²) in [6.45, 7) is 0. The smallest absolute Gasteiger partial charge is 0.261 e. The quantitative estimate of drug-likeness (QED) is 0.403. The third kappa shape index (κ3) is 3.95. The predicted octanol–water partition coefficient (Wildman–Crippen LogP) is 3.86. The van der Waals surface area contributed by atoms with Gasteiger partial charge in [0.2, 0.25) is 0 Å². The third-order valence-electron chi connectivity index (χ3n) is 6.87. The van der Waals surface area contributed by atoms with Crippen LogP contribution in [0.2, 0.25) is 0 Å². The molecule has 4 heterocycles. The van der Waals surface area contributed by atoms with Crippen LogP contribution in [0.4, 0.5) is 0 Å². The topological polar surface area (TPSA) is 107 Å². The number of nitrogens with zero attached hydrogens (tertiary/aromatic N) is 6. The Hall–Kier alpha value is -4.04. The number of aliphatic hydroxyl groups excluding tert-OH is 1. The van der Waals surface area contributed by atoms with E-state index in [0.29, 0.717) is 23.7 Å². The summed E-state index contributed by atoms with van der Waals surface area (Å²) < 4.78 is 1.63. The van der Waals surface area contributed by atoms with Crippen molar-refractivity contribution >= 4 is 21.7 Å². The van der Waals surface area contributed by atoms with Crippen LogP contribution in [-0.2, 0) is 6.42 Å². The molecule has 1 aromatic carbocycles. The van der Waals surface area contributed by atoms with Crippen LogP contribution in [0.25, 0.3) is 33.1 Å². The molecular weight excluding hydrogens is 440 g/mol. The molecule has 6 rings (SSSR count). The van der Waals surface area contributed by atoms with E-state index in [1.807, 2.05) is 36.7 Å². The van der Waals surface area contributed by atoms with Gasteiger partial charge in [-0.05, 0) is 48.6 Å². The van der Waals surface area contributed by atoms with Gasteiger partial charge < -0.3 is 5.11 Å². The molecule has 0 spiro atoms. The summed E-state index contributed by atoms with van der Waals surface area (Å²) in [5.74, 6) is 0. The van der Waals surface area contributed by atoms with E-state index >= 15 is 0 Å². The van der Waals surface area contributed by atoms with Crippen molar-refractivity contribution in [3.05, 3.63) is 89.3 Å². The zero-order valence-corrected chi connectivity index (χ0v) is 19.1. The summed E-state index contributed by atoms with van der Waals surface area (Å²) in [6, 6.07) is 7.55. The average Bonchev–Trinajstić information content (AvgIpc) is 2.91. The minimum atomic E-state index is -0.524. The predicted molar refractivity (Wildman–Crippen MR) is 133 cm³/mol. The van der Waals surface area contributed by atoms with Gasteiger partial charge >= 0.3 is 0 Å². The van der Waals surface area contributed by atoms with Gasteiger partial charge in [0.05, 0.1) is 41.3 Å². The Kier molecular flexibility index (Phi) is 5.50. The Morgan fingerprint density at radius 2 is 1.74 bits per heavy atom. The number of rotatable bonds is 4. The number of pyridine rings is 2. The number of hydrogen-bond donors (Lipinski definition) is 1. The largest absolute Gasteiger partial charge is 0.391 e. The van der Waals surface area contributed by atoms with Crippen molar-refractivity contribution < 1.29 is 5.11 Å². The van der Waals surface area contributed by atoms with Gasteiger partial charge in [-0.25, -0.2) is 4.98 Å². The number of benzene rings is 1. The van der Waals surface area contributed by atoms with E-state index in [2.05, 4.69) is 24.9 Å². The molecule has 35 heavy (non-hydrogen) atoms. The second kappa shape index (κ2) is 8.96. The van der Waals surface area contributed by atoms with E-state index in [0.717, 1.165) is 52.5 Å². The molecule has 8 nitrogen and oxygen atoms in total. The molecule has 4 aromatic heterocycles. The van der Waals surface area contributed by atoms with E-state index in [-0.39, 0.29) is 11.6 Å². The maximum atomic E-state index is 13.6. The van der Waals surface area contributed by atoms with Gasteiger partial charge in [0.15, 0.2) is 0 Å². The van der Waals surface area contributed by atoms with Gasteiger partial charge in [-0.15, -0.1) is 0 Å². The molecule has 174 valence electrons. The van der Waals surface area contributed by atoms with Crippen molar-refractivity contribution in [2.45, 2.75) is 44.2 Å². The maximum absolute atomic E-state index is 13.6. The zero-order chi connectivity index (χ0) is 23.8. The fraction of sp³-hybridized carbons (Fsp3) is 0.259. The molecule has 5 aromatic rings. The van der Waals surface area contributed by atoms with Crippen LogP contribution in [0, 0.1) is 0 Å². The van der Waals surface area contributed by atoms with Gasteiger partial charge in [-0.1, -0.05) is 18.9 Å². The van der Waals surface area contributed by atoms with Gasteiger partial charge in [-0.2, -0.15) is 0 Å². The van der Waals surface area contributed by atoms with Crippen LogP contribution in [0.3, 0.4) is 0 Å². The fourth-order valence-electron chi connectivity index (χ4n) is 5.07. The lowest BCUT2D eigenvalue weighted by Crippen LogP contribution is -2.34. The summed E-state index contributed by atoms with van der Waals surface area (Å²) in [7, 11) is 0. The highest BCUT2D eigenvalue weighted by molar-refractivity contribution is 6.06. The van der Waals surface area contributed by atoms with E-state index in [1.54, 1.807) is 35.7 Å². The molecule has 1 aliphatic rings. The maximum Gasteiger partial charge on any atom is 0.261 e. The Morgan fingerprint density at radius 3 is 2.54 bits per heavy atom. The molecule has 0 amide bonds. The van der Waals surface area contributed by atoms with Crippen LogP contribution in [0.1, 0.15) is 42.9 Å². The van der Waals surface area contributed by atoms with Crippen molar-refractivity contribution in [1.29, 1.82) is 0 Å². The summed E-state index contributed by atoms with van der Waals surface area (Å²) in [5, 5.41) is 12.9. The first-order chi connectivity index (χ1) is 17.2. The van der Waals surface area contributed by atoms with Crippen molar-refractivity contribution in [1.82, 2.24) is 29.5 Å². The van der Waals surface area contributed by atoms with Crippen LogP contribution in [0.15, 0.2) is 72.6 Å². The molecule has 2 atom stereocenters. The molecule has 0 aliphatic heterocycles. The molecule has 0 unspecified atom stereocenters. The first-order valence-corrected chi connectivity index (χ1v) is 11.8. The SMILES string of the molecule is O=c1c2cc(Cc3ccc(-c4cnccn4)nc3)c3cnccc3c2ncn1[C@H]1CCCC[C@@H]1O. The second-order valence-corrected chi connectivity index (χ2v) is 9.05. The molecule has 1 fully saturated rings. The highest BCUT2D eigenvalue weighted by Gasteiger charge is 2.26. The Morgan fingerprint density at radius 1 is 0.857 bits per heavy atom. The van der Waals surface area contributed by atoms with Gasteiger partial charge in [0.1, 0.15) is 5.69 Å². The van der Waals surface area contributed by atoms with Gasteiger partial charge in [0, 0.05) is 41.8 Å². The van der Waals surface area contributed by atoms with Crippen LogP contribution >= 0.6 is 0 Å². The number of aromatic nitrogens is 6. The first kappa shape index (κ1) is 21.5. The van der Waals surface area contributed by atoms with Crippen molar-refractivity contribution in [3.8, 4) is 11.4 Å². The zero-order valence-electron chi connectivity index (χ0n) is 19.1. The lowest BCUT2D eigenvalue weighted by Gasteiger charge is -2.29. The van der Waals surface area contributed by atoms with E-state index in [9.17, 15) is 9.90 Å². The van der Waals surface area contributed by atoms with Crippen molar-refractivity contribution in [2.75, 3.05) is 0 Å². The molecule has 8 heteroatoms. The highest BCUT2D eigenvalue weighted by atomic mass is 16.3. The van der Waals surface area contributed by atoms with Gasteiger partial charge in [-0.3, -0.25) is 29.3 Å². The molecule has 0 radical (unpaired) electrons. The lowest BCUT2D eigenvalue weighted by atomic mass is 9.92. The fourth-order valence-corrected chi connectivity index (χ4v) is 5.07. The normalized spacial score (nSPS) is 18.2. The standard InChI is InChI=1S/C27H24N6O2/c34-25-4-2-1-3-24(25)33-16-32-26-19-7-8-28-14-21(19)18(12-20(26)27(33)35)11-17-5-6-22(31-13-17)23-15-29-9-10-30-23/h5-10,12-16,24-25,34H,1-4,11H2/t24-,25-/m0/s1. The van der Waals surface area contributed by atoms with Crippen molar-refractivity contribution in [3.63, 3.8) is 0 Å². The van der Waals surface area contributed by atoms with Crippen molar-refractivity contribution in [2.24, 2.45) is 0 Å². The molecule has 0 bridgehead atoms. The van der Waals surface area contributed by atoms with E-state index < -0.39 is 6.10 Å². The Balaban J connectivity index is 1.44. The summed E-state index contributed by atoms with van der Waals surface area (Å²) >= 11 is 0. The van der Waals surface area contributed by atoms with E-state index in [1.165, 1.54) is 0 Å². The Bertz CT molecular complexity index is 1570. The van der Waals surface area contributed by atoms with Gasteiger partial charge in [0.25, 0.3) is 5.56 Å². The summed E-state index contributed by atoms with van der Waals surface area (Å²) in [5.41, 5.74) is 4.01. The molecule has 1 saturated carbocycles. The second-order valence-electron chi connectivity index (χ2n) is 9.05. The highest BCUT2D eigenvalue weighted by Crippen LogP contribution is 2.30. The summed E-state index contributed by atoms with van der Waals surface area (Å²) in [4.78, 5) is 35.6. The molecule has 0 saturated heterocycles. The average molecular weight is 465 g/mol. The first-order valence-electron chi connectivity index (χ1n) is 11.8. The number of aliphatic hydroxyl groups is 1. The van der Waals surface area contributed by atoms with E-state index in [4.69, 9.17) is 0 Å². The lowest BCUT2D eigenvalue weighted by molar-refractivity contribution is 0.0735. The van der Waals surface area contributed by atoms with Crippen LogP contribution < -0.4 is 5.56 Å². The minimum Gasteiger partial charge on any atom is -0.391 e. The third-order valence-corrected chi connectivity index (χ3v) is 6.87. The Labute approximate surface area is 201 Å². The molecular formula is C27H24N6O2. The van der Waals surface area contributed by atoms with Crippen LogP contribution in [-0.4, -0.2) is 40.7 Å². The molecule has 1 aliphatic carbocycles.